The van der Waals surface area contributed by atoms with E-state index in [1.807, 2.05) is 30.3 Å². The van der Waals surface area contributed by atoms with E-state index >= 15 is 0 Å². The van der Waals surface area contributed by atoms with Crippen LogP contribution in [0.25, 0.3) is 33.3 Å². The highest BCUT2D eigenvalue weighted by Gasteiger charge is 2.17. The summed E-state index contributed by atoms with van der Waals surface area (Å²) < 4.78 is 2.84. The lowest BCUT2D eigenvalue weighted by Crippen LogP contribution is -2.29. The predicted octanol–water partition coefficient (Wildman–Crippen LogP) is 2.12. The lowest BCUT2D eigenvalue weighted by molar-refractivity contribution is 0.775. The Bertz CT molecular complexity index is 1460. The molecule has 5 aromatic rings. The molecular weight excluding hydrogens is 356 g/mol. The molecule has 0 unspecified atom stereocenters. The molecule has 0 amide bonds. The number of H-pyrrole nitrogens is 1. The van der Waals surface area contributed by atoms with E-state index in [0.29, 0.717) is 27.6 Å². The van der Waals surface area contributed by atoms with Crippen molar-refractivity contribution in [3.05, 3.63) is 87.3 Å². The number of aromatic amines is 1. The lowest BCUT2D eigenvalue weighted by atomic mass is 10.2. The molecule has 5 rings (SSSR count). The summed E-state index contributed by atoms with van der Waals surface area (Å²) in [6.45, 7) is 1.73. The van der Waals surface area contributed by atoms with E-state index in [-0.39, 0.29) is 16.9 Å². The Balaban J connectivity index is 1.85. The van der Waals surface area contributed by atoms with E-state index in [9.17, 15) is 9.59 Å². The highest BCUT2D eigenvalue weighted by atomic mass is 16.2. The van der Waals surface area contributed by atoms with Gasteiger partial charge in [0.15, 0.2) is 11.5 Å². The first-order valence-corrected chi connectivity index (χ1v) is 8.66. The van der Waals surface area contributed by atoms with Gasteiger partial charge < -0.3 is 0 Å². The van der Waals surface area contributed by atoms with E-state index in [1.54, 1.807) is 42.1 Å². The SMILES string of the molecule is Cc1nc(-n2[nH]c(=O)c3ccccc3c2=O)c2cnn(-c3ccccc3)c2n1. The summed E-state index contributed by atoms with van der Waals surface area (Å²) >= 11 is 0. The van der Waals surface area contributed by atoms with Crippen molar-refractivity contribution in [3.63, 3.8) is 0 Å². The highest BCUT2D eigenvalue weighted by Crippen LogP contribution is 2.21. The van der Waals surface area contributed by atoms with Crippen LogP contribution in [0.2, 0.25) is 0 Å². The maximum Gasteiger partial charge on any atom is 0.279 e. The first kappa shape index (κ1) is 16.1. The number of aryl methyl sites for hydroxylation is 1. The molecule has 2 aromatic carbocycles. The Morgan fingerprint density at radius 2 is 1.57 bits per heavy atom. The zero-order valence-electron chi connectivity index (χ0n) is 14.8. The topological polar surface area (TPSA) is 98.5 Å². The van der Waals surface area contributed by atoms with Gasteiger partial charge in [0.25, 0.3) is 11.1 Å². The fraction of sp³-hybridized carbons (Fsp3) is 0.0500. The fourth-order valence-corrected chi connectivity index (χ4v) is 3.28. The second-order valence-electron chi connectivity index (χ2n) is 6.35. The van der Waals surface area contributed by atoms with Crippen molar-refractivity contribution in [2.75, 3.05) is 0 Å². The second kappa shape index (κ2) is 5.98. The highest BCUT2D eigenvalue weighted by molar-refractivity contribution is 5.85. The van der Waals surface area contributed by atoms with Crippen LogP contribution in [0, 0.1) is 6.92 Å². The van der Waals surface area contributed by atoms with Crippen LogP contribution in [0.4, 0.5) is 0 Å². The van der Waals surface area contributed by atoms with Gasteiger partial charge in [0.2, 0.25) is 0 Å². The van der Waals surface area contributed by atoms with Gasteiger partial charge in [-0.05, 0) is 31.2 Å². The molecule has 0 aliphatic carbocycles. The van der Waals surface area contributed by atoms with Gasteiger partial charge in [0, 0.05) is 0 Å². The van der Waals surface area contributed by atoms with Crippen molar-refractivity contribution in [2.45, 2.75) is 6.92 Å². The number of hydrogen-bond acceptors (Lipinski definition) is 5. The quantitative estimate of drug-likeness (QED) is 0.513. The molecule has 0 spiro atoms. The number of fused-ring (bicyclic) bond motifs is 2. The summed E-state index contributed by atoms with van der Waals surface area (Å²) in [7, 11) is 0. The molecule has 28 heavy (non-hydrogen) atoms. The number of para-hydroxylation sites is 1. The molecule has 1 N–H and O–H groups in total. The maximum absolute atomic E-state index is 13.0. The minimum atomic E-state index is -0.366. The monoisotopic (exact) mass is 370 g/mol. The van der Waals surface area contributed by atoms with Crippen LogP contribution in [0.5, 0.6) is 0 Å². The molecule has 0 bridgehead atoms. The maximum atomic E-state index is 13.0. The molecule has 0 atom stereocenters. The van der Waals surface area contributed by atoms with E-state index in [2.05, 4.69) is 20.2 Å². The molecule has 3 heterocycles. The smallest absolute Gasteiger partial charge is 0.267 e. The Morgan fingerprint density at radius 3 is 2.36 bits per heavy atom. The van der Waals surface area contributed by atoms with E-state index in [4.69, 9.17) is 0 Å². The Hall–Kier alpha value is -4.07. The van der Waals surface area contributed by atoms with Gasteiger partial charge >= 0.3 is 0 Å². The number of benzene rings is 2. The first-order valence-electron chi connectivity index (χ1n) is 8.66. The zero-order chi connectivity index (χ0) is 19.3. The Kier molecular flexibility index (Phi) is 3.45. The van der Waals surface area contributed by atoms with Crippen LogP contribution >= 0.6 is 0 Å². The summed E-state index contributed by atoms with van der Waals surface area (Å²) in [5, 5.41) is 8.26. The average Bonchev–Trinajstić information content (AvgIpc) is 3.14. The number of hydrogen-bond donors (Lipinski definition) is 1. The minimum Gasteiger partial charge on any atom is -0.267 e. The molecule has 136 valence electrons. The Morgan fingerprint density at radius 1 is 0.857 bits per heavy atom. The molecule has 0 saturated heterocycles. The van der Waals surface area contributed by atoms with Crippen molar-refractivity contribution < 1.29 is 0 Å². The average molecular weight is 370 g/mol. The Labute approximate surface area is 157 Å². The van der Waals surface area contributed by atoms with E-state index in [0.717, 1.165) is 5.69 Å². The van der Waals surface area contributed by atoms with Gasteiger partial charge in [-0.1, -0.05) is 30.3 Å². The van der Waals surface area contributed by atoms with Crippen molar-refractivity contribution >= 4 is 21.8 Å². The van der Waals surface area contributed by atoms with Crippen LogP contribution < -0.4 is 11.1 Å². The third kappa shape index (κ3) is 2.35. The molecule has 0 aliphatic rings. The third-order valence-corrected chi connectivity index (χ3v) is 4.55. The summed E-state index contributed by atoms with van der Waals surface area (Å²) in [5.41, 5.74) is 0.660. The molecule has 0 radical (unpaired) electrons. The van der Waals surface area contributed by atoms with Crippen molar-refractivity contribution in [1.29, 1.82) is 0 Å². The van der Waals surface area contributed by atoms with Crippen LogP contribution in [-0.4, -0.2) is 29.5 Å². The van der Waals surface area contributed by atoms with Gasteiger partial charge in [-0.25, -0.2) is 14.6 Å². The summed E-state index contributed by atoms with van der Waals surface area (Å²) in [5.74, 6) is 0.749. The lowest BCUT2D eigenvalue weighted by Gasteiger charge is -2.09. The zero-order valence-corrected chi connectivity index (χ0v) is 14.8. The van der Waals surface area contributed by atoms with Crippen LogP contribution in [0.1, 0.15) is 5.82 Å². The van der Waals surface area contributed by atoms with Crippen molar-refractivity contribution in [1.82, 2.24) is 29.5 Å². The molecule has 8 heteroatoms. The van der Waals surface area contributed by atoms with Crippen LogP contribution in [-0.2, 0) is 0 Å². The van der Waals surface area contributed by atoms with Gasteiger partial charge in [0.1, 0.15) is 5.82 Å². The molecule has 0 saturated carbocycles. The summed E-state index contributed by atoms with van der Waals surface area (Å²) in [6, 6.07) is 16.2. The van der Waals surface area contributed by atoms with E-state index in [1.165, 1.54) is 4.68 Å². The molecule has 0 aliphatic heterocycles. The third-order valence-electron chi connectivity index (χ3n) is 4.55. The van der Waals surface area contributed by atoms with Crippen molar-refractivity contribution in [2.24, 2.45) is 0 Å². The van der Waals surface area contributed by atoms with E-state index < -0.39 is 0 Å². The second-order valence-corrected chi connectivity index (χ2v) is 6.35. The summed E-state index contributed by atoms with van der Waals surface area (Å²) in [4.78, 5) is 34.4. The number of rotatable bonds is 2. The van der Waals surface area contributed by atoms with Gasteiger partial charge in [-0.2, -0.15) is 9.78 Å². The fourth-order valence-electron chi connectivity index (χ4n) is 3.28. The van der Waals surface area contributed by atoms with Crippen molar-refractivity contribution in [3.8, 4) is 11.5 Å². The molecular formula is C20H14N6O2. The molecule has 3 aromatic heterocycles. The number of nitrogens with zero attached hydrogens (tertiary/aromatic N) is 5. The summed E-state index contributed by atoms with van der Waals surface area (Å²) in [6.07, 6.45) is 1.59. The standard InChI is InChI=1S/C20H14N6O2/c1-12-22-17-16(11-21-25(17)13-7-3-2-4-8-13)18(23-12)26-20(28)15-10-6-5-9-14(15)19(27)24-26/h2-11H,1H3,(H,24,27). The minimum absolute atomic E-state index is 0.289. The number of aromatic nitrogens is 6. The van der Waals surface area contributed by atoms with Gasteiger partial charge in [-0.3, -0.25) is 14.7 Å². The van der Waals surface area contributed by atoms with Crippen LogP contribution in [0.3, 0.4) is 0 Å². The normalized spacial score (nSPS) is 11.3. The molecule has 0 fully saturated rings. The largest absolute Gasteiger partial charge is 0.279 e. The van der Waals surface area contributed by atoms with Gasteiger partial charge in [0.05, 0.1) is 28.0 Å². The first-order chi connectivity index (χ1) is 13.6. The molecule has 8 nitrogen and oxygen atoms in total. The van der Waals surface area contributed by atoms with Crippen LogP contribution in [0.15, 0.2) is 70.4 Å². The number of nitrogens with one attached hydrogen (secondary N) is 1. The van der Waals surface area contributed by atoms with Gasteiger partial charge in [-0.15, -0.1) is 0 Å². The predicted molar refractivity (Wildman–Crippen MR) is 105 cm³/mol.